The first kappa shape index (κ1) is 14.9. The number of thioether (sulfide) groups is 1. The summed E-state index contributed by atoms with van der Waals surface area (Å²) in [6, 6.07) is 7.91. The second kappa shape index (κ2) is 5.87. The van der Waals surface area contributed by atoms with Crippen LogP contribution >= 0.6 is 11.8 Å². The largest absolute Gasteiger partial charge is 0.480 e. The molecule has 0 saturated carbocycles. The van der Waals surface area contributed by atoms with Crippen LogP contribution in [0.2, 0.25) is 0 Å². The van der Waals surface area contributed by atoms with Crippen molar-refractivity contribution in [2.45, 2.75) is 31.4 Å². The van der Waals surface area contributed by atoms with E-state index in [1.165, 1.54) is 17.3 Å². The average Bonchev–Trinajstić information content (AvgIpc) is 2.44. The second-order valence-electron chi connectivity index (χ2n) is 5.38. The van der Waals surface area contributed by atoms with Gasteiger partial charge in [-0.2, -0.15) is 0 Å². The summed E-state index contributed by atoms with van der Waals surface area (Å²) in [4.78, 5) is 25.2. The highest BCUT2D eigenvalue weighted by atomic mass is 32.2. The number of aryl methyl sites for hydroxylation is 1. The number of hydrogen-bond donors (Lipinski definition) is 1. The van der Waals surface area contributed by atoms with Gasteiger partial charge in [-0.1, -0.05) is 18.2 Å². The highest BCUT2D eigenvalue weighted by Gasteiger charge is 2.30. The minimum atomic E-state index is -0.940. The molecule has 0 atom stereocenters. The maximum atomic E-state index is 12.3. The van der Waals surface area contributed by atoms with E-state index >= 15 is 0 Å². The van der Waals surface area contributed by atoms with Crippen molar-refractivity contribution < 1.29 is 14.7 Å². The number of carbonyl (C=O) groups is 2. The number of carbonyl (C=O) groups excluding carboxylic acids is 1. The monoisotopic (exact) mass is 293 g/mol. The van der Waals surface area contributed by atoms with E-state index in [9.17, 15) is 9.59 Å². The Bertz CT molecular complexity index is 528. The molecule has 0 spiro atoms. The summed E-state index contributed by atoms with van der Waals surface area (Å²) >= 11 is 1.17. The zero-order chi connectivity index (χ0) is 14.8. The molecule has 1 N–H and O–H groups in total. The summed E-state index contributed by atoms with van der Waals surface area (Å²) in [5.74, 6) is -0.723. The molecule has 1 heterocycles. The number of rotatable bonds is 4. The normalized spacial score (nSPS) is 14.8. The molecule has 4 nitrogen and oxygen atoms in total. The molecule has 0 saturated heterocycles. The smallest absolute Gasteiger partial charge is 0.319 e. The fourth-order valence-electron chi connectivity index (χ4n) is 2.17. The maximum Gasteiger partial charge on any atom is 0.319 e. The number of nitrogens with zero attached hydrogens (tertiary/aromatic N) is 1. The molecule has 5 heteroatoms. The minimum absolute atomic E-state index is 0.0172. The molecular formula is C15H19NO3S. The van der Waals surface area contributed by atoms with Crippen LogP contribution in [0.1, 0.15) is 25.8 Å². The molecular weight excluding hydrogens is 274 g/mol. The van der Waals surface area contributed by atoms with Gasteiger partial charge in [0.2, 0.25) is 5.91 Å². The van der Waals surface area contributed by atoms with Crippen molar-refractivity contribution >= 4 is 29.3 Å². The number of para-hydroxylation sites is 1. The van der Waals surface area contributed by atoms with Crippen LogP contribution in [-0.4, -0.2) is 34.0 Å². The van der Waals surface area contributed by atoms with Crippen molar-refractivity contribution in [3.05, 3.63) is 29.8 Å². The lowest BCUT2D eigenvalue weighted by atomic mass is 10.0. The Kier molecular flexibility index (Phi) is 4.38. The Hall–Kier alpha value is -1.49. The van der Waals surface area contributed by atoms with E-state index in [1.54, 1.807) is 18.7 Å². The fraction of sp³-hybridized carbons (Fsp3) is 0.467. The van der Waals surface area contributed by atoms with Gasteiger partial charge >= 0.3 is 5.97 Å². The summed E-state index contributed by atoms with van der Waals surface area (Å²) < 4.78 is -0.940. The summed E-state index contributed by atoms with van der Waals surface area (Å²) in [5.41, 5.74) is 2.16. The number of aliphatic carboxylic acids is 1. The maximum absolute atomic E-state index is 12.3. The number of amides is 1. The van der Waals surface area contributed by atoms with Gasteiger partial charge in [-0.25, -0.2) is 0 Å². The molecule has 1 aromatic rings. The summed E-state index contributed by atoms with van der Waals surface area (Å²) in [7, 11) is 0. The minimum Gasteiger partial charge on any atom is -0.480 e. The lowest BCUT2D eigenvalue weighted by molar-refractivity contribution is -0.138. The highest BCUT2D eigenvalue weighted by molar-refractivity contribution is 8.02. The molecule has 2 rings (SSSR count). The molecule has 0 radical (unpaired) electrons. The lowest BCUT2D eigenvalue weighted by Gasteiger charge is -2.30. The van der Waals surface area contributed by atoms with Crippen LogP contribution in [0.25, 0.3) is 0 Å². The van der Waals surface area contributed by atoms with Crippen LogP contribution in [0.4, 0.5) is 5.69 Å². The van der Waals surface area contributed by atoms with E-state index in [1.807, 2.05) is 24.3 Å². The molecule has 0 aromatic heterocycles. The van der Waals surface area contributed by atoms with Crippen LogP contribution in [0.3, 0.4) is 0 Å². The van der Waals surface area contributed by atoms with Crippen molar-refractivity contribution in [1.29, 1.82) is 0 Å². The van der Waals surface area contributed by atoms with Gasteiger partial charge in [0.15, 0.2) is 0 Å². The molecule has 0 aliphatic carbocycles. The topological polar surface area (TPSA) is 57.6 Å². The third-order valence-corrected chi connectivity index (χ3v) is 4.77. The summed E-state index contributed by atoms with van der Waals surface area (Å²) in [6.45, 7) is 3.96. The molecule has 0 fully saturated rings. The number of carboxylic acid groups (broad SMARTS) is 1. The van der Waals surface area contributed by atoms with Crippen molar-refractivity contribution in [1.82, 2.24) is 0 Å². The molecule has 0 bridgehead atoms. The van der Waals surface area contributed by atoms with Crippen LogP contribution in [0.5, 0.6) is 0 Å². The van der Waals surface area contributed by atoms with Crippen LogP contribution in [0, 0.1) is 0 Å². The first-order valence-corrected chi connectivity index (χ1v) is 7.66. The Balaban J connectivity index is 2.06. The number of carboxylic acids is 1. The lowest BCUT2D eigenvalue weighted by Crippen LogP contribution is -2.38. The van der Waals surface area contributed by atoms with Gasteiger partial charge in [0, 0.05) is 12.2 Å². The number of benzene rings is 1. The second-order valence-corrected chi connectivity index (χ2v) is 6.98. The molecule has 1 aliphatic heterocycles. The van der Waals surface area contributed by atoms with Gasteiger partial charge in [-0.15, -0.1) is 11.8 Å². The van der Waals surface area contributed by atoms with Gasteiger partial charge in [-0.3, -0.25) is 9.59 Å². The molecule has 1 aromatic carbocycles. The molecule has 108 valence electrons. The predicted octanol–water partition coefficient (Wildman–Crippen LogP) is 2.56. The van der Waals surface area contributed by atoms with E-state index in [4.69, 9.17) is 5.11 Å². The van der Waals surface area contributed by atoms with Crippen molar-refractivity contribution in [2.75, 3.05) is 17.2 Å². The Labute approximate surface area is 123 Å². The van der Waals surface area contributed by atoms with Gasteiger partial charge in [0.25, 0.3) is 0 Å². The number of fused-ring (bicyclic) bond motifs is 1. The molecule has 1 amide bonds. The molecule has 0 unspecified atom stereocenters. The van der Waals surface area contributed by atoms with E-state index in [0.29, 0.717) is 6.54 Å². The van der Waals surface area contributed by atoms with E-state index in [2.05, 4.69) is 0 Å². The highest BCUT2D eigenvalue weighted by Crippen LogP contribution is 2.29. The Morgan fingerprint density at radius 1 is 1.35 bits per heavy atom. The summed E-state index contributed by atoms with van der Waals surface area (Å²) in [5, 5.41) is 9.08. The standard InChI is InChI=1S/C15H19NO3S/c1-15(2,14(18)19)20-10-13(17)16-9-5-7-11-6-3-4-8-12(11)16/h3-4,6,8H,5,7,9-10H2,1-2H3,(H,18,19). The van der Waals surface area contributed by atoms with Gasteiger partial charge in [-0.05, 0) is 38.3 Å². The van der Waals surface area contributed by atoms with Crippen molar-refractivity contribution in [3.63, 3.8) is 0 Å². The SMILES string of the molecule is CC(C)(SCC(=O)N1CCCc2ccccc21)C(=O)O. The Morgan fingerprint density at radius 2 is 2.05 bits per heavy atom. The molecule has 20 heavy (non-hydrogen) atoms. The van der Waals surface area contributed by atoms with Crippen molar-refractivity contribution in [2.24, 2.45) is 0 Å². The quantitative estimate of drug-likeness (QED) is 0.927. The van der Waals surface area contributed by atoms with E-state index in [-0.39, 0.29) is 11.7 Å². The van der Waals surface area contributed by atoms with Crippen molar-refractivity contribution in [3.8, 4) is 0 Å². The first-order valence-electron chi connectivity index (χ1n) is 6.67. The third-order valence-electron chi connectivity index (χ3n) is 3.48. The Morgan fingerprint density at radius 3 is 2.75 bits per heavy atom. The van der Waals surface area contributed by atoms with Crippen LogP contribution in [0.15, 0.2) is 24.3 Å². The number of hydrogen-bond acceptors (Lipinski definition) is 3. The number of anilines is 1. The summed E-state index contributed by atoms with van der Waals surface area (Å²) in [6.07, 6.45) is 1.95. The van der Waals surface area contributed by atoms with Gasteiger partial charge in [0.05, 0.1) is 5.75 Å². The van der Waals surface area contributed by atoms with Gasteiger partial charge in [0.1, 0.15) is 4.75 Å². The average molecular weight is 293 g/mol. The first-order chi connectivity index (χ1) is 9.42. The van der Waals surface area contributed by atoms with Crippen LogP contribution < -0.4 is 4.90 Å². The zero-order valence-corrected chi connectivity index (χ0v) is 12.6. The fourth-order valence-corrected chi connectivity index (χ4v) is 2.94. The van der Waals surface area contributed by atoms with E-state index < -0.39 is 10.7 Å². The zero-order valence-electron chi connectivity index (χ0n) is 11.8. The van der Waals surface area contributed by atoms with Gasteiger partial charge < -0.3 is 10.0 Å². The molecule has 1 aliphatic rings. The third kappa shape index (κ3) is 3.15. The van der Waals surface area contributed by atoms with Crippen LogP contribution in [-0.2, 0) is 16.0 Å². The van der Waals surface area contributed by atoms with E-state index in [0.717, 1.165) is 18.5 Å². The predicted molar refractivity (Wildman–Crippen MR) is 81.3 cm³/mol.